The van der Waals surface area contributed by atoms with Gasteiger partial charge >= 0.3 is 6.36 Å². The van der Waals surface area contributed by atoms with E-state index in [1.54, 1.807) is 12.1 Å². The van der Waals surface area contributed by atoms with Crippen LogP contribution in [0.25, 0.3) is 11.1 Å². The first-order valence-electron chi connectivity index (χ1n) is 10.6. The molecule has 1 aliphatic carbocycles. The van der Waals surface area contributed by atoms with E-state index in [4.69, 9.17) is 4.74 Å². The van der Waals surface area contributed by atoms with E-state index in [0.717, 1.165) is 48.2 Å². The van der Waals surface area contributed by atoms with Crippen molar-refractivity contribution in [3.63, 3.8) is 0 Å². The molecule has 1 atom stereocenters. The van der Waals surface area contributed by atoms with Gasteiger partial charge in [-0.25, -0.2) is 0 Å². The number of benzene rings is 2. The van der Waals surface area contributed by atoms with Crippen LogP contribution in [0.2, 0.25) is 0 Å². The Morgan fingerprint density at radius 1 is 1.00 bits per heavy atom. The number of aryl methyl sites for hydroxylation is 2. The molecule has 0 bridgehead atoms. The van der Waals surface area contributed by atoms with Gasteiger partial charge in [0.1, 0.15) is 17.2 Å². The third-order valence-electron chi connectivity index (χ3n) is 5.89. The summed E-state index contributed by atoms with van der Waals surface area (Å²) in [6, 6.07) is 12.3. The molecule has 32 heavy (non-hydrogen) atoms. The summed E-state index contributed by atoms with van der Waals surface area (Å²) in [7, 11) is 0. The molecule has 0 aliphatic heterocycles. The predicted octanol–water partition coefficient (Wildman–Crippen LogP) is 6.56. The minimum Gasteiger partial charge on any atom is -0.457 e. The maximum absolute atomic E-state index is 13.3. The fourth-order valence-corrected chi connectivity index (χ4v) is 4.22. The van der Waals surface area contributed by atoms with Crippen molar-refractivity contribution >= 4 is 0 Å². The van der Waals surface area contributed by atoms with Gasteiger partial charge < -0.3 is 14.5 Å². The Morgan fingerprint density at radius 3 is 2.19 bits per heavy atom. The molecule has 168 valence electrons. The lowest BCUT2D eigenvalue weighted by atomic mass is 9.83. The van der Waals surface area contributed by atoms with Gasteiger partial charge in [0.05, 0.1) is 0 Å². The predicted molar refractivity (Wildman–Crippen MR) is 116 cm³/mol. The zero-order valence-electron chi connectivity index (χ0n) is 17.9. The summed E-state index contributed by atoms with van der Waals surface area (Å²) in [5, 5.41) is 0. The Hall–Kier alpha value is -3.22. The number of halogens is 3. The second-order valence-corrected chi connectivity index (χ2v) is 8.07. The fraction of sp³-hybridized carbons (Fsp3) is 0.320. The largest absolute Gasteiger partial charge is 0.573 e. The summed E-state index contributed by atoms with van der Waals surface area (Å²) < 4.78 is 46.4. The Balaban J connectivity index is 1.54. The zero-order valence-corrected chi connectivity index (χ0v) is 17.9. The monoisotopic (exact) mass is 443 g/mol. The van der Waals surface area contributed by atoms with Crippen molar-refractivity contribution in [3.05, 3.63) is 75.7 Å². The van der Waals surface area contributed by atoms with Crippen molar-refractivity contribution in [2.24, 2.45) is 5.92 Å². The van der Waals surface area contributed by atoms with Gasteiger partial charge in [-0.2, -0.15) is 0 Å². The Kier molecular flexibility index (Phi) is 6.00. The number of ether oxygens (including phenoxy) is 2. The fourth-order valence-electron chi connectivity index (χ4n) is 4.22. The first kappa shape index (κ1) is 22.0. The molecule has 2 aromatic carbocycles. The Bertz CT molecular complexity index is 1150. The van der Waals surface area contributed by atoms with Crippen LogP contribution in [0, 0.1) is 12.8 Å². The standard InChI is InChI=1S/C25H24F3NO3/c1-3-16-4-13-22-21(14-16)24(30)23(15(2)29-22)17-5-7-18(8-6-17)31-19-9-11-20(12-10-19)32-25(26,27)28/h5-12,16H,3-4,13-14H2,1-2H3,(H,29,30). The van der Waals surface area contributed by atoms with E-state index in [1.807, 2.05) is 19.1 Å². The highest BCUT2D eigenvalue weighted by Crippen LogP contribution is 2.31. The number of hydrogen-bond donors (Lipinski definition) is 1. The van der Waals surface area contributed by atoms with Gasteiger partial charge in [-0.3, -0.25) is 4.79 Å². The van der Waals surface area contributed by atoms with Crippen LogP contribution >= 0.6 is 0 Å². The molecule has 1 unspecified atom stereocenters. The van der Waals surface area contributed by atoms with Gasteiger partial charge in [0.25, 0.3) is 0 Å². The van der Waals surface area contributed by atoms with Crippen molar-refractivity contribution in [1.29, 1.82) is 0 Å². The average Bonchev–Trinajstić information content (AvgIpc) is 2.75. The minimum atomic E-state index is -4.73. The highest BCUT2D eigenvalue weighted by Gasteiger charge is 2.31. The van der Waals surface area contributed by atoms with Crippen LogP contribution in [0.15, 0.2) is 53.3 Å². The molecule has 1 aromatic heterocycles. The second-order valence-electron chi connectivity index (χ2n) is 8.07. The number of pyridine rings is 1. The molecule has 1 N–H and O–H groups in total. The molecule has 0 radical (unpaired) electrons. The van der Waals surface area contributed by atoms with Crippen LogP contribution in [-0.4, -0.2) is 11.3 Å². The van der Waals surface area contributed by atoms with Crippen molar-refractivity contribution in [3.8, 4) is 28.4 Å². The van der Waals surface area contributed by atoms with E-state index in [2.05, 4.69) is 16.6 Å². The zero-order chi connectivity index (χ0) is 22.9. The van der Waals surface area contributed by atoms with Crippen LogP contribution in [0.3, 0.4) is 0 Å². The maximum Gasteiger partial charge on any atom is 0.573 e. The molecule has 0 fully saturated rings. The van der Waals surface area contributed by atoms with Crippen LogP contribution in [0.4, 0.5) is 13.2 Å². The van der Waals surface area contributed by atoms with Crippen LogP contribution in [-0.2, 0) is 12.8 Å². The molecular formula is C25H24F3NO3. The molecule has 0 spiro atoms. The topological polar surface area (TPSA) is 51.3 Å². The summed E-state index contributed by atoms with van der Waals surface area (Å²) in [6.07, 6.45) is -0.846. The number of aromatic amines is 1. The van der Waals surface area contributed by atoms with Gasteiger partial charge in [-0.1, -0.05) is 25.5 Å². The van der Waals surface area contributed by atoms with E-state index in [-0.39, 0.29) is 11.2 Å². The van der Waals surface area contributed by atoms with Crippen LogP contribution in [0.5, 0.6) is 17.2 Å². The van der Waals surface area contributed by atoms with Gasteiger partial charge in [0.15, 0.2) is 5.43 Å². The summed E-state index contributed by atoms with van der Waals surface area (Å²) in [4.78, 5) is 16.7. The first-order chi connectivity index (χ1) is 15.2. The number of fused-ring (bicyclic) bond motifs is 1. The summed E-state index contributed by atoms with van der Waals surface area (Å²) >= 11 is 0. The van der Waals surface area contributed by atoms with E-state index >= 15 is 0 Å². The molecule has 4 nitrogen and oxygen atoms in total. The number of alkyl halides is 3. The molecule has 7 heteroatoms. The Morgan fingerprint density at radius 2 is 1.59 bits per heavy atom. The number of H-pyrrole nitrogens is 1. The van der Waals surface area contributed by atoms with Crippen molar-refractivity contribution in [2.45, 2.75) is 45.9 Å². The quantitative estimate of drug-likeness (QED) is 0.486. The molecule has 3 aromatic rings. The minimum absolute atomic E-state index is 0.0864. The second kappa shape index (κ2) is 8.73. The van der Waals surface area contributed by atoms with Gasteiger partial charge in [0.2, 0.25) is 0 Å². The molecule has 1 aliphatic rings. The molecule has 0 amide bonds. The van der Waals surface area contributed by atoms with Crippen molar-refractivity contribution in [1.82, 2.24) is 4.98 Å². The molecule has 0 saturated heterocycles. The molecule has 4 rings (SSSR count). The number of rotatable bonds is 5. The lowest BCUT2D eigenvalue weighted by Gasteiger charge is -2.24. The molecule has 0 saturated carbocycles. The SMILES string of the molecule is CCC1CCc2[nH]c(C)c(-c3ccc(Oc4ccc(OC(F)(F)F)cc4)cc3)c(=O)c2C1. The third kappa shape index (κ3) is 4.82. The lowest BCUT2D eigenvalue weighted by Crippen LogP contribution is -2.25. The molecular weight excluding hydrogens is 419 g/mol. The normalized spacial score (nSPS) is 15.8. The van der Waals surface area contributed by atoms with Gasteiger partial charge in [0, 0.05) is 22.5 Å². The van der Waals surface area contributed by atoms with Crippen molar-refractivity contribution < 1.29 is 22.6 Å². The van der Waals surface area contributed by atoms with Crippen LogP contribution in [0.1, 0.15) is 36.7 Å². The number of hydrogen-bond acceptors (Lipinski definition) is 3. The van der Waals surface area contributed by atoms with E-state index in [0.29, 0.717) is 23.0 Å². The number of nitrogens with one attached hydrogen (secondary N) is 1. The smallest absolute Gasteiger partial charge is 0.457 e. The maximum atomic E-state index is 13.3. The third-order valence-corrected chi connectivity index (χ3v) is 5.89. The van der Waals surface area contributed by atoms with Crippen molar-refractivity contribution in [2.75, 3.05) is 0 Å². The summed E-state index contributed by atoms with van der Waals surface area (Å²) in [5.74, 6) is 1.12. The van der Waals surface area contributed by atoms with Gasteiger partial charge in [-0.05, 0) is 74.1 Å². The van der Waals surface area contributed by atoms with Crippen LogP contribution < -0.4 is 14.9 Å². The first-order valence-corrected chi connectivity index (χ1v) is 10.6. The highest BCUT2D eigenvalue weighted by molar-refractivity contribution is 5.67. The van der Waals surface area contributed by atoms with E-state index < -0.39 is 6.36 Å². The highest BCUT2D eigenvalue weighted by atomic mass is 19.4. The lowest BCUT2D eigenvalue weighted by molar-refractivity contribution is -0.274. The van der Waals surface area contributed by atoms with E-state index in [1.165, 1.54) is 24.3 Å². The summed E-state index contributed by atoms with van der Waals surface area (Å²) in [5.41, 5.74) is 4.34. The molecule has 1 heterocycles. The average molecular weight is 443 g/mol. The van der Waals surface area contributed by atoms with Gasteiger partial charge in [-0.15, -0.1) is 13.2 Å². The number of aromatic nitrogens is 1. The summed E-state index contributed by atoms with van der Waals surface area (Å²) in [6.45, 7) is 4.08. The Labute approximate surface area is 184 Å². The van der Waals surface area contributed by atoms with E-state index in [9.17, 15) is 18.0 Å².